The summed E-state index contributed by atoms with van der Waals surface area (Å²) in [4.78, 5) is 20.5. The van der Waals surface area contributed by atoms with Crippen molar-refractivity contribution >= 4 is 11.6 Å². The zero-order valence-electron chi connectivity index (χ0n) is 14.2. The van der Waals surface area contributed by atoms with Gasteiger partial charge in [-0.1, -0.05) is 65.8 Å². The first-order valence-corrected chi connectivity index (χ1v) is 8.94. The van der Waals surface area contributed by atoms with Crippen molar-refractivity contribution in [1.82, 2.24) is 4.90 Å². The molecule has 0 N–H and O–H groups in total. The van der Waals surface area contributed by atoms with E-state index in [1.807, 2.05) is 41.3 Å². The third kappa shape index (κ3) is 3.43. The largest absolute Gasteiger partial charge is 0.387 e. The second-order valence-electron chi connectivity index (χ2n) is 6.73. The summed E-state index contributed by atoms with van der Waals surface area (Å²) in [5.41, 5.74) is 2.89. The number of benzene rings is 2. The van der Waals surface area contributed by atoms with Crippen LogP contribution in [0.4, 0.5) is 0 Å². The van der Waals surface area contributed by atoms with Crippen molar-refractivity contribution in [3.05, 3.63) is 71.8 Å². The summed E-state index contributed by atoms with van der Waals surface area (Å²) in [7, 11) is 0. The second-order valence-corrected chi connectivity index (χ2v) is 6.73. The lowest BCUT2D eigenvalue weighted by Crippen LogP contribution is -2.40. The smallest absolute Gasteiger partial charge is 0.272 e. The van der Waals surface area contributed by atoms with E-state index < -0.39 is 0 Å². The van der Waals surface area contributed by atoms with Crippen LogP contribution in [0.15, 0.2) is 65.8 Å². The fraction of sp³-hybridized carbons (Fsp3) is 0.333. The fourth-order valence-electron chi connectivity index (χ4n) is 3.72. The number of hydrogen-bond donors (Lipinski definition) is 0. The van der Waals surface area contributed by atoms with Crippen LogP contribution in [0, 0.1) is 0 Å². The number of likely N-dealkylation sites (tertiary alicyclic amines) is 1. The van der Waals surface area contributed by atoms with E-state index >= 15 is 0 Å². The van der Waals surface area contributed by atoms with Crippen molar-refractivity contribution < 1.29 is 9.63 Å². The van der Waals surface area contributed by atoms with Crippen LogP contribution < -0.4 is 0 Å². The van der Waals surface area contributed by atoms with E-state index in [4.69, 9.17) is 4.84 Å². The third-order valence-electron chi connectivity index (χ3n) is 5.04. The molecule has 1 fully saturated rings. The summed E-state index contributed by atoms with van der Waals surface area (Å²) in [6.45, 7) is 0.811. The van der Waals surface area contributed by atoms with Gasteiger partial charge in [0.2, 0.25) is 0 Å². The SMILES string of the molecule is O=C(C1=NO[C@@H](c2ccccc2)C1)N1CCC[C@H]1Cc1ccccc1. The molecule has 0 unspecified atom stereocenters. The molecule has 0 radical (unpaired) electrons. The van der Waals surface area contributed by atoms with Gasteiger partial charge in [0.1, 0.15) is 5.71 Å². The van der Waals surface area contributed by atoms with Crippen molar-refractivity contribution in [3.8, 4) is 0 Å². The van der Waals surface area contributed by atoms with Crippen molar-refractivity contribution in [1.29, 1.82) is 0 Å². The van der Waals surface area contributed by atoms with Gasteiger partial charge in [-0.25, -0.2) is 0 Å². The molecule has 4 heteroatoms. The highest BCUT2D eigenvalue weighted by Gasteiger charge is 2.35. The maximum Gasteiger partial charge on any atom is 0.272 e. The van der Waals surface area contributed by atoms with Gasteiger partial charge in [0, 0.05) is 19.0 Å². The zero-order valence-corrected chi connectivity index (χ0v) is 14.2. The van der Waals surface area contributed by atoms with Gasteiger partial charge in [0.25, 0.3) is 5.91 Å². The molecule has 2 heterocycles. The molecule has 4 rings (SSSR count). The summed E-state index contributed by atoms with van der Waals surface area (Å²) in [6.07, 6.45) is 3.42. The number of oxime groups is 1. The Morgan fingerprint density at radius 3 is 2.56 bits per heavy atom. The van der Waals surface area contributed by atoms with Gasteiger partial charge < -0.3 is 9.74 Å². The predicted octanol–water partition coefficient (Wildman–Crippen LogP) is 3.74. The highest BCUT2D eigenvalue weighted by atomic mass is 16.6. The lowest BCUT2D eigenvalue weighted by Gasteiger charge is -2.24. The minimum atomic E-state index is -0.143. The van der Waals surface area contributed by atoms with Crippen LogP contribution in [-0.4, -0.2) is 29.1 Å². The van der Waals surface area contributed by atoms with Crippen LogP contribution in [0.25, 0.3) is 0 Å². The fourth-order valence-corrected chi connectivity index (χ4v) is 3.72. The van der Waals surface area contributed by atoms with E-state index in [0.29, 0.717) is 12.1 Å². The monoisotopic (exact) mass is 334 g/mol. The first-order chi connectivity index (χ1) is 12.3. The molecule has 0 spiro atoms. The van der Waals surface area contributed by atoms with Crippen LogP contribution in [0.5, 0.6) is 0 Å². The first-order valence-electron chi connectivity index (χ1n) is 8.94. The molecule has 25 heavy (non-hydrogen) atoms. The van der Waals surface area contributed by atoms with Crippen LogP contribution >= 0.6 is 0 Å². The number of carbonyl (C=O) groups is 1. The number of rotatable bonds is 4. The lowest BCUT2D eigenvalue weighted by molar-refractivity contribution is -0.124. The minimum Gasteiger partial charge on any atom is -0.387 e. The number of carbonyl (C=O) groups excluding carboxylic acids is 1. The van der Waals surface area contributed by atoms with Crippen LogP contribution in [0.3, 0.4) is 0 Å². The zero-order chi connectivity index (χ0) is 17.1. The molecule has 2 aliphatic rings. The van der Waals surface area contributed by atoms with E-state index in [2.05, 4.69) is 29.4 Å². The quantitative estimate of drug-likeness (QED) is 0.855. The molecule has 0 aromatic heterocycles. The molecule has 1 amide bonds. The Kier molecular flexibility index (Phi) is 4.51. The Morgan fingerprint density at radius 1 is 1.08 bits per heavy atom. The summed E-state index contributed by atoms with van der Waals surface area (Å²) >= 11 is 0. The van der Waals surface area contributed by atoms with Gasteiger partial charge in [-0.15, -0.1) is 0 Å². The van der Waals surface area contributed by atoms with Crippen LogP contribution in [0.1, 0.15) is 36.5 Å². The first kappa shape index (κ1) is 15.9. The van der Waals surface area contributed by atoms with Crippen LogP contribution in [-0.2, 0) is 16.1 Å². The molecule has 0 bridgehead atoms. The van der Waals surface area contributed by atoms with Crippen molar-refractivity contribution in [2.75, 3.05) is 6.54 Å². The Balaban J connectivity index is 1.42. The molecular formula is C21H22N2O2. The van der Waals surface area contributed by atoms with Gasteiger partial charge in [-0.3, -0.25) is 4.79 Å². The highest BCUT2D eigenvalue weighted by molar-refractivity contribution is 6.39. The molecule has 2 aromatic rings. The number of nitrogens with zero attached hydrogens (tertiary/aromatic N) is 2. The Labute approximate surface area is 148 Å². The standard InChI is InChI=1S/C21H22N2O2/c24-21(19-15-20(25-22-19)17-10-5-2-6-11-17)23-13-7-12-18(23)14-16-8-3-1-4-9-16/h1-6,8-11,18,20H,7,12-15H2/t18-,20+/m0/s1. The molecule has 2 aromatic carbocycles. The average molecular weight is 334 g/mol. The molecule has 2 atom stereocenters. The van der Waals surface area contributed by atoms with E-state index in [-0.39, 0.29) is 18.1 Å². The maximum atomic E-state index is 12.9. The van der Waals surface area contributed by atoms with E-state index in [1.54, 1.807) is 0 Å². The van der Waals surface area contributed by atoms with Gasteiger partial charge in [0.15, 0.2) is 6.10 Å². The minimum absolute atomic E-state index is 0.0388. The topological polar surface area (TPSA) is 41.9 Å². The molecule has 4 nitrogen and oxygen atoms in total. The Hall–Kier alpha value is -2.62. The van der Waals surface area contributed by atoms with Gasteiger partial charge >= 0.3 is 0 Å². The van der Waals surface area contributed by atoms with E-state index in [9.17, 15) is 4.79 Å². The molecular weight excluding hydrogens is 312 g/mol. The summed E-state index contributed by atoms with van der Waals surface area (Å²) in [5, 5.41) is 4.10. The number of hydrogen-bond acceptors (Lipinski definition) is 3. The van der Waals surface area contributed by atoms with Crippen molar-refractivity contribution in [2.24, 2.45) is 5.16 Å². The van der Waals surface area contributed by atoms with Gasteiger partial charge in [0.05, 0.1) is 0 Å². The molecule has 2 aliphatic heterocycles. The second kappa shape index (κ2) is 7.09. The highest BCUT2D eigenvalue weighted by Crippen LogP contribution is 2.29. The van der Waals surface area contributed by atoms with E-state index in [1.165, 1.54) is 5.56 Å². The summed E-state index contributed by atoms with van der Waals surface area (Å²) < 4.78 is 0. The Morgan fingerprint density at radius 2 is 1.80 bits per heavy atom. The summed E-state index contributed by atoms with van der Waals surface area (Å²) in [5.74, 6) is 0.0388. The van der Waals surface area contributed by atoms with Crippen LogP contribution in [0.2, 0.25) is 0 Å². The summed E-state index contributed by atoms with van der Waals surface area (Å²) in [6, 6.07) is 20.6. The molecule has 128 valence electrons. The molecule has 0 aliphatic carbocycles. The molecule has 1 saturated heterocycles. The molecule has 0 saturated carbocycles. The van der Waals surface area contributed by atoms with Crippen molar-refractivity contribution in [3.63, 3.8) is 0 Å². The van der Waals surface area contributed by atoms with Gasteiger partial charge in [-0.2, -0.15) is 0 Å². The van der Waals surface area contributed by atoms with Gasteiger partial charge in [-0.05, 0) is 30.4 Å². The van der Waals surface area contributed by atoms with Crippen molar-refractivity contribution in [2.45, 2.75) is 37.8 Å². The normalized spacial score (nSPS) is 22.6. The lowest BCUT2D eigenvalue weighted by atomic mass is 10.0. The maximum absolute atomic E-state index is 12.9. The predicted molar refractivity (Wildman–Crippen MR) is 97.2 cm³/mol. The average Bonchev–Trinajstić information content (AvgIpc) is 3.32. The third-order valence-corrected chi connectivity index (χ3v) is 5.04. The number of amides is 1. The Bertz CT molecular complexity index is 758. The van der Waals surface area contributed by atoms with E-state index in [0.717, 1.165) is 31.4 Å².